The Kier molecular flexibility index (Phi) is 4.99. The van der Waals surface area contributed by atoms with Gasteiger partial charge in [0.1, 0.15) is 9.84 Å². The first-order valence-electron chi connectivity index (χ1n) is 6.23. The molecule has 7 heteroatoms. The quantitative estimate of drug-likeness (QED) is 0.829. The van der Waals surface area contributed by atoms with E-state index in [9.17, 15) is 13.2 Å². The molecule has 0 unspecified atom stereocenters. The normalized spacial score (nSPS) is 19.6. The van der Waals surface area contributed by atoms with Gasteiger partial charge in [-0.1, -0.05) is 17.7 Å². The average molecular weight is 334 g/mol. The lowest BCUT2D eigenvalue weighted by atomic mass is 10.3. The van der Waals surface area contributed by atoms with Gasteiger partial charge in [-0.3, -0.25) is 4.79 Å². The molecule has 0 saturated carbocycles. The third kappa shape index (κ3) is 4.14. The first kappa shape index (κ1) is 15.7. The monoisotopic (exact) mass is 333 g/mol. The van der Waals surface area contributed by atoms with Crippen LogP contribution in [0.4, 0.5) is 5.69 Å². The van der Waals surface area contributed by atoms with Gasteiger partial charge < -0.3 is 4.90 Å². The Labute approximate surface area is 128 Å². The summed E-state index contributed by atoms with van der Waals surface area (Å²) in [6.07, 6.45) is 1.95. The SMILES string of the molecule is CS(=O)(=O)CCS[C@@H]1CCN(c2cccc(Cl)c2)C1=O. The van der Waals surface area contributed by atoms with Crippen molar-refractivity contribution in [3.8, 4) is 0 Å². The number of halogens is 1. The summed E-state index contributed by atoms with van der Waals surface area (Å²) in [6.45, 7) is 0.649. The average Bonchev–Trinajstić information content (AvgIpc) is 2.70. The van der Waals surface area contributed by atoms with Gasteiger partial charge in [-0.15, -0.1) is 11.8 Å². The fraction of sp³-hybridized carbons (Fsp3) is 0.462. The highest BCUT2D eigenvalue weighted by molar-refractivity contribution is 8.01. The predicted octanol–water partition coefficient (Wildman–Crippen LogP) is 2.22. The number of carbonyl (C=O) groups is 1. The van der Waals surface area contributed by atoms with E-state index in [1.165, 1.54) is 18.0 Å². The first-order valence-corrected chi connectivity index (χ1v) is 9.72. The second-order valence-electron chi connectivity index (χ2n) is 4.75. The van der Waals surface area contributed by atoms with Crippen LogP contribution in [0.25, 0.3) is 0 Å². The van der Waals surface area contributed by atoms with E-state index in [4.69, 9.17) is 11.6 Å². The van der Waals surface area contributed by atoms with Crippen LogP contribution in [0.3, 0.4) is 0 Å². The Balaban J connectivity index is 1.96. The highest BCUT2D eigenvalue weighted by Gasteiger charge is 2.32. The Bertz CT molecular complexity index is 603. The van der Waals surface area contributed by atoms with E-state index in [0.29, 0.717) is 17.3 Å². The van der Waals surface area contributed by atoms with Crippen molar-refractivity contribution >= 4 is 44.8 Å². The number of sulfone groups is 1. The molecule has 1 aliphatic rings. The van der Waals surface area contributed by atoms with Crippen LogP contribution in [-0.4, -0.2) is 43.9 Å². The summed E-state index contributed by atoms with van der Waals surface area (Å²) in [7, 11) is -2.97. The maximum atomic E-state index is 12.3. The molecule has 0 aliphatic carbocycles. The molecule has 0 bridgehead atoms. The molecule has 4 nitrogen and oxygen atoms in total. The van der Waals surface area contributed by atoms with E-state index < -0.39 is 9.84 Å². The van der Waals surface area contributed by atoms with Crippen molar-refractivity contribution < 1.29 is 13.2 Å². The predicted molar refractivity (Wildman–Crippen MR) is 84.4 cm³/mol. The maximum Gasteiger partial charge on any atom is 0.240 e. The summed E-state index contributed by atoms with van der Waals surface area (Å²) in [5.74, 6) is 0.600. The number of thioether (sulfide) groups is 1. The van der Waals surface area contributed by atoms with Crippen molar-refractivity contribution in [1.29, 1.82) is 0 Å². The van der Waals surface area contributed by atoms with Crippen molar-refractivity contribution in [2.45, 2.75) is 11.7 Å². The zero-order valence-electron chi connectivity index (χ0n) is 11.1. The van der Waals surface area contributed by atoms with Crippen LogP contribution in [0.2, 0.25) is 5.02 Å². The third-order valence-corrected chi connectivity index (χ3v) is 5.77. The van der Waals surface area contributed by atoms with Crippen molar-refractivity contribution in [1.82, 2.24) is 0 Å². The fourth-order valence-corrected chi connectivity index (χ4v) is 4.66. The molecule has 1 amide bonds. The Morgan fingerprint density at radius 1 is 1.45 bits per heavy atom. The number of nitrogens with zero attached hydrogens (tertiary/aromatic N) is 1. The van der Waals surface area contributed by atoms with Gasteiger partial charge in [0.25, 0.3) is 0 Å². The molecule has 1 aliphatic heterocycles. The van der Waals surface area contributed by atoms with Gasteiger partial charge in [-0.05, 0) is 24.6 Å². The lowest BCUT2D eigenvalue weighted by molar-refractivity contribution is -0.116. The van der Waals surface area contributed by atoms with Crippen molar-refractivity contribution in [2.75, 3.05) is 29.2 Å². The van der Waals surface area contributed by atoms with Gasteiger partial charge in [0, 0.05) is 29.3 Å². The standard InChI is InChI=1S/C13H16ClNO3S2/c1-20(17,18)8-7-19-12-5-6-15(13(12)16)11-4-2-3-10(14)9-11/h2-4,9,12H,5-8H2,1H3/t12-/m1/s1. The summed E-state index contributed by atoms with van der Waals surface area (Å²) >= 11 is 7.35. The Morgan fingerprint density at radius 3 is 2.85 bits per heavy atom. The van der Waals surface area contributed by atoms with Crippen molar-refractivity contribution in [3.05, 3.63) is 29.3 Å². The van der Waals surface area contributed by atoms with Crippen LogP contribution in [0, 0.1) is 0 Å². The van der Waals surface area contributed by atoms with Gasteiger partial charge in [0.05, 0.1) is 11.0 Å². The van der Waals surface area contributed by atoms with Crippen LogP contribution < -0.4 is 4.90 Å². The summed E-state index contributed by atoms with van der Waals surface area (Å²) in [6, 6.07) is 7.20. The maximum absolute atomic E-state index is 12.3. The number of carbonyl (C=O) groups excluding carboxylic acids is 1. The molecule has 1 heterocycles. The minimum absolute atomic E-state index is 0.0331. The smallest absolute Gasteiger partial charge is 0.240 e. The topological polar surface area (TPSA) is 54.5 Å². The van der Waals surface area contributed by atoms with E-state index in [0.717, 1.165) is 12.1 Å². The second-order valence-corrected chi connectivity index (χ2v) is 8.75. The molecule has 0 spiro atoms. The number of rotatable bonds is 5. The van der Waals surface area contributed by atoms with Crippen LogP contribution in [0.15, 0.2) is 24.3 Å². The van der Waals surface area contributed by atoms with Crippen LogP contribution in [0.1, 0.15) is 6.42 Å². The molecule has 20 heavy (non-hydrogen) atoms. The first-order chi connectivity index (χ1) is 9.37. The number of hydrogen-bond acceptors (Lipinski definition) is 4. The van der Waals surface area contributed by atoms with Gasteiger partial charge in [-0.2, -0.15) is 0 Å². The van der Waals surface area contributed by atoms with E-state index in [1.807, 2.05) is 12.1 Å². The number of amides is 1. The van der Waals surface area contributed by atoms with Gasteiger partial charge in [0.15, 0.2) is 0 Å². The second kappa shape index (κ2) is 6.37. The number of hydrogen-bond donors (Lipinski definition) is 0. The molecular weight excluding hydrogens is 318 g/mol. The van der Waals surface area contributed by atoms with E-state index >= 15 is 0 Å². The molecule has 1 aromatic carbocycles. The molecule has 2 rings (SSSR count). The molecule has 1 atom stereocenters. The van der Waals surface area contributed by atoms with E-state index in [1.54, 1.807) is 17.0 Å². The summed E-state index contributed by atoms with van der Waals surface area (Å²) in [4.78, 5) is 14.0. The van der Waals surface area contributed by atoms with Crippen molar-refractivity contribution in [3.63, 3.8) is 0 Å². The Morgan fingerprint density at radius 2 is 2.20 bits per heavy atom. The van der Waals surface area contributed by atoms with Gasteiger partial charge in [0.2, 0.25) is 5.91 Å². The van der Waals surface area contributed by atoms with E-state index in [2.05, 4.69) is 0 Å². The Hall–Kier alpha value is -0.720. The molecule has 110 valence electrons. The zero-order chi connectivity index (χ0) is 14.8. The van der Waals surface area contributed by atoms with Gasteiger partial charge in [-0.25, -0.2) is 8.42 Å². The number of benzene rings is 1. The lowest BCUT2D eigenvalue weighted by Crippen LogP contribution is -2.28. The molecule has 1 fully saturated rings. The van der Waals surface area contributed by atoms with E-state index in [-0.39, 0.29) is 16.9 Å². The fourth-order valence-electron chi connectivity index (χ4n) is 2.05. The minimum atomic E-state index is -2.97. The molecule has 1 aromatic rings. The van der Waals surface area contributed by atoms with Gasteiger partial charge >= 0.3 is 0 Å². The lowest BCUT2D eigenvalue weighted by Gasteiger charge is -2.16. The van der Waals surface area contributed by atoms with Crippen molar-refractivity contribution in [2.24, 2.45) is 0 Å². The minimum Gasteiger partial charge on any atom is -0.311 e. The van der Waals surface area contributed by atoms with Crippen LogP contribution >= 0.6 is 23.4 Å². The highest BCUT2D eigenvalue weighted by atomic mass is 35.5. The van der Waals surface area contributed by atoms with Crippen LogP contribution in [0.5, 0.6) is 0 Å². The van der Waals surface area contributed by atoms with Crippen LogP contribution in [-0.2, 0) is 14.6 Å². The zero-order valence-corrected chi connectivity index (χ0v) is 13.5. The number of anilines is 1. The summed E-state index contributed by atoms with van der Waals surface area (Å²) in [5, 5.41) is 0.444. The molecule has 1 saturated heterocycles. The molecular formula is C13H16ClNO3S2. The summed E-state index contributed by atoms with van der Waals surface area (Å²) in [5.41, 5.74) is 0.800. The molecule has 0 aromatic heterocycles. The summed E-state index contributed by atoms with van der Waals surface area (Å²) < 4.78 is 22.2. The third-order valence-electron chi connectivity index (χ3n) is 3.05. The molecule has 0 N–H and O–H groups in total. The highest BCUT2D eigenvalue weighted by Crippen LogP contribution is 2.29. The largest absolute Gasteiger partial charge is 0.311 e. The molecule has 0 radical (unpaired) electrons.